The Morgan fingerprint density at radius 3 is 2.09 bits per heavy atom. The standard InChI is InChI=1S/C6H6BO4/c8-4-1-5(9)3-6(2-4)11-7-10/h1-3,8-10H. The second-order valence-corrected chi connectivity index (χ2v) is 1.91. The second-order valence-electron chi connectivity index (χ2n) is 1.91. The van der Waals surface area contributed by atoms with Crippen LogP contribution in [0.15, 0.2) is 18.2 Å². The number of aromatic hydroxyl groups is 2. The molecule has 1 aromatic rings. The molecular formula is C6H6BO4. The molecule has 0 saturated carbocycles. The molecule has 0 aromatic heterocycles. The highest BCUT2D eigenvalue weighted by Gasteiger charge is 1.99. The molecule has 0 atom stereocenters. The molecule has 0 heterocycles. The number of phenolic OH excluding ortho intramolecular Hbond substituents is 2. The predicted molar refractivity (Wildman–Crippen MR) is 38.4 cm³/mol. The Morgan fingerprint density at radius 2 is 1.64 bits per heavy atom. The summed E-state index contributed by atoms with van der Waals surface area (Å²) in [4.78, 5) is 0. The summed E-state index contributed by atoms with van der Waals surface area (Å²) in [6, 6.07) is 3.67. The fraction of sp³-hybridized carbons (Fsp3) is 0. The van der Waals surface area contributed by atoms with Crippen molar-refractivity contribution < 1.29 is 19.9 Å². The summed E-state index contributed by atoms with van der Waals surface area (Å²) in [5, 5.41) is 26.0. The van der Waals surface area contributed by atoms with Gasteiger partial charge < -0.3 is 19.9 Å². The average Bonchev–Trinajstić information content (AvgIpc) is 1.85. The van der Waals surface area contributed by atoms with Crippen molar-refractivity contribution in [3.05, 3.63) is 18.2 Å². The minimum atomic E-state index is -0.123. The van der Waals surface area contributed by atoms with Crippen LogP contribution in [0.5, 0.6) is 17.2 Å². The monoisotopic (exact) mass is 153 g/mol. The van der Waals surface area contributed by atoms with Crippen LogP contribution in [0, 0.1) is 0 Å². The number of benzene rings is 1. The van der Waals surface area contributed by atoms with E-state index in [0.29, 0.717) is 7.69 Å². The van der Waals surface area contributed by atoms with Gasteiger partial charge in [0, 0.05) is 18.2 Å². The molecule has 5 heteroatoms. The molecule has 11 heavy (non-hydrogen) atoms. The first-order chi connectivity index (χ1) is 5.22. The molecule has 0 fully saturated rings. The molecule has 0 spiro atoms. The van der Waals surface area contributed by atoms with E-state index in [-0.39, 0.29) is 17.2 Å². The molecule has 57 valence electrons. The zero-order valence-electron chi connectivity index (χ0n) is 5.56. The Hall–Kier alpha value is -1.36. The van der Waals surface area contributed by atoms with Crippen LogP contribution in [0.2, 0.25) is 0 Å². The van der Waals surface area contributed by atoms with Crippen LogP contribution in [0.4, 0.5) is 0 Å². The summed E-state index contributed by atoms with van der Waals surface area (Å²) in [7, 11) is 0.466. The Balaban J connectivity index is 2.89. The van der Waals surface area contributed by atoms with Gasteiger partial charge in [-0.25, -0.2) is 0 Å². The van der Waals surface area contributed by atoms with Gasteiger partial charge in [0.05, 0.1) is 0 Å². The van der Waals surface area contributed by atoms with Gasteiger partial charge in [-0.15, -0.1) is 0 Å². The number of phenols is 2. The molecule has 0 bridgehead atoms. The van der Waals surface area contributed by atoms with E-state index in [1.807, 2.05) is 0 Å². The second kappa shape index (κ2) is 3.16. The van der Waals surface area contributed by atoms with Crippen molar-refractivity contribution in [3.63, 3.8) is 0 Å². The molecule has 0 unspecified atom stereocenters. The van der Waals surface area contributed by atoms with E-state index < -0.39 is 0 Å². The third-order valence-electron chi connectivity index (χ3n) is 1.06. The maximum Gasteiger partial charge on any atom is 0.569 e. The highest BCUT2D eigenvalue weighted by molar-refractivity contribution is 6.17. The molecular weight excluding hydrogens is 147 g/mol. The predicted octanol–water partition coefficient (Wildman–Crippen LogP) is 0.00310. The normalized spacial score (nSPS) is 9.18. The van der Waals surface area contributed by atoms with Crippen LogP contribution in [0.1, 0.15) is 0 Å². The van der Waals surface area contributed by atoms with Gasteiger partial charge in [-0.3, -0.25) is 0 Å². The van der Waals surface area contributed by atoms with Gasteiger partial charge >= 0.3 is 7.69 Å². The van der Waals surface area contributed by atoms with Crippen molar-refractivity contribution >= 4 is 7.69 Å². The lowest BCUT2D eigenvalue weighted by Crippen LogP contribution is -1.99. The van der Waals surface area contributed by atoms with E-state index in [0.717, 1.165) is 6.07 Å². The van der Waals surface area contributed by atoms with Crippen molar-refractivity contribution in [1.82, 2.24) is 0 Å². The molecule has 0 aliphatic carbocycles. The summed E-state index contributed by atoms with van der Waals surface area (Å²) in [5.41, 5.74) is 0. The third kappa shape index (κ3) is 2.05. The quantitative estimate of drug-likeness (QED) is 0.523. The smallest absolute Gasteiger partial charge is 0.537 e. The minimum absolute atomic E-state index is 0.123. The molecule has 4 nitrogen and oxygen atoms in total. The van der Waals surface area contributed by atoms with Crippen molar-refractivity contribution in [3.8, 4) is 17.2 Å². The Labute approximate surface area is 64.0 Å². The van der Waals surface area contributed by atoms with Crippen LogP contribution >= 0.6 is 0 Å². The van der Waals surface area contributed by atoms with E-state index in [1.165, 1.54) is 12.1 Å². The summed E-state index contributed by atoms with van der Waals surface area (Å²) < 4.78 is 4.48. The molecule has 0 saturated heterocycles. The average molecular weight is 153 g/mol. The summed E-state index contributed by atoms with van der Waals surface area (Å²) in [6.45, 7) is 0. The van der Waals surface area contributed by atoms with Crippen LogP contribution < -0.4 is 4.65 Å². The fourth-order valence-corrected chi connectivity index (χ4v) is 0.697. The Kier molecular flexibility index (Phi) is 2.23. The van der Waals surface area contributed by atoms with Crippen molar-refractivity contribution in [2.24, 2.45) is 0 Å². The topological polar surface area (TPSA) is 69.9 Å². The van der Waals surface area contributed by atoms with Gasteiger partial charge in [-0.2, -0.15) is 0 Å². The number of hydrogen-bond acceptors (Lipinski definition) is 4. The summed E-state index contributed by atoms with van der Waals surface area (Å²) >= 11 is 0. The lowest BCUT2D eigenvalue weighted by Gasteiger charge is -2.01. The highest BCUT2D eigenvalue weighted by Crippen LogP contribution is 2.25. The fourth-order valence-electron chi connectivity index (χ4n) is 0.697. The van der Waals surface area contributed by atoms with Crippen molar-refractivity contribution in [2.45, 2.75) is 0 Å². The van der Waals surface area contributed by atoms with E-state index >= 15 is 0 Å². The summed E-state index contributed by atoms with van der Waals surface area (Å²) in [5.74, 6) is -0.0753. The van der Waals surface area contributed by atoms with Gasteiger partial charge in [0.25, 0.3) is 0 Å². The SMILES string of the molecule is O[B]Oc1cc(O)cc(O)c1. The van der Waals surface area contributed by atoms with E-state index in [9.17, 15) is 0 Å². The first-order valence-corrected chi connectivity index (χ1v) is 2.88. The molecule has 0 aliphatic heterocycles. The van der Waals surface area contributed by atoms with Gasteiger partial charge in [0.2, 0.25) is 0 Å². The molecule has 0 amide bonds. The number of hydrogen-bond donors (Lipinski definition) is 3. The van der Waals surface area contributed by atoms with Crippen LogP contribution in [0.3, 0.4) is 0 Å². The first kappa shape index (κ1) is 7.75. The van der Waals surface area contributed by atoms with E-state index in [4.69, 9.17) is 15.2 Å². The van der Waals surface area contributed by atoms with Crippen LogP contribution in [-0.4, -0.2) is 22.9 Å². The molecule has 1 aromatic carbocycles. The lowest BCUT2D eigenvalue weighted by molar-refractivity contribution is 0.429. The largest absolute Gasteiger partial charge is 0.569 e. The van der Waals surface area contributed by atoms with Gasteiger partial charge in [0.15, 0.2) is 0 Å². The zero-order valence-corrected chi connectivity index (χ0v) is 5.56. The van der Waals surface area contributed by atoms with Gasteiger partial charge in [-0.05, 0) is 0 Å². The Bertz CT molecular complexity index is 230. The zero-order chi connectivity index (χ0) is 8.27. The maximum atomic E-state index is 8.88. The third-order valence-corrected chi connectivity index (χ3v) is 1.06. The maximum absolute atomic E-state index is 8.88. The molecule has 1 rings (SSSR count). The Morgan fingerprint density at radius 1 is 1.09 bits per heavy atom. The van der Waals surface area contributed by atoms with Gasteiger partial charge in [0.1, 0.15) is 17.2 Å². The minimum Gasteiger partial charge on any atom is -0.537 e. The molecule has 1 radical (unpaired) electrons. The van der Waals surface area contributed by atoms with E-state index in [1.54, 1.807) is 0 Å². The number of rotatable bonds is 2. The first-order valence-electron chi connectivity index (χ1n) is 2.88. The van der Waals surface area contributed by atoms with Crippen molar-refractivity contribution in [2.75, 3.05) is 0 Å². The molecule has 3 N–H and O–H groups in total. The van der Waals surface area contributed by atoms with Crippen molar-refractivity contribution in [1.29, 1.82) is 0 Å². The van der Waals surface area contributed by atoms with Crippen LogP contribution in [-0.2, 0) is 0 Å². The molecule has 0 aliphatic rings. The van der Waals surface area contributed by atoms with Crippen LogP contribution in [0.25, 0.3) is 0 Å². The lowest BCUT2D eigenvalue weighted by atomic mass is 10.3. The van der Waals surface area contributed by atoms with Gasteiger partial charge in [-0.1, -0.05) is 0 Å². The van der Waals surface area contributed by atoms with E-state index in [2.05, 4.69) is 4.65 Å². The summed E-state index contributed by atoms with van der Waals surface area (Å²) in [6.07, 6.45) is 0. The highest BCUT2D eigenvalue weighted by atomic mass is 16.5.